The van der Waals surface area contributed by atoms with Crippen LogP contribution in [0.15, 0.2) is 42.5 Å². The Morgan fingerprint density at radius 3 is 2.34 bits per heavy atom. The third kappa shape index (κ3) is 5.73. The Balaban J connectivity index is 1.65. The maximum Gasteiger partial charge on any atom is 0.224 e. The molecule has 3 rings (SSSR count). The third-order valence-corrected chi connectivity index (χ3v) is 5.60. The van der Waals surface area contributed by atoms with Crippen molar-refractivity contribution < 1.29 is 14.3 Å². The van der Waals surface area contributed by atoms with Gasteiger partial charge in [-0.3, -0.25) is 9.69 Å². The number of rotatable bonds is 8. The van der Waals surface area contributed by atoms with Crippen LogP contribution in [-0.2, 0) is 11.2 Å². The fourth-order valence-electron chi connectivity index (χ4n) is 3.93. The number of carbonyl (C=O) groups excluding carboxylic acids is 1. The normalized spacial score (nSPS) is 15.6. The molecule has 1 aliphatic rings. The Morgan fingerprint density at radius 2 is 1.69 bits per heavy atom. The molecular formula is C24H32N2O3. The van der Waals surface area contributed by atoms with Gasteiger partial charge in [-0.05, 0) is 56.1 Å². The highest BCUT2D eigenvalue weighted by Gasteiger charge is 2.23. The van der Waals surface area contributed by atoms with E-state index in [2.05, 4.69) is 41.4 Å². The van der Waals surface area contributed by atoms with Crippen LogP contribution in [0.5, 0.6) is 11.5 Å². The number of piperidine rings is 1. The van der Waals surface area contributed by atoms with Crippen LogP contribution in [0, 0.1) is 6.92 Å². The Bertz CT molecular complexity index is 798. The van der Waals surface area contributed by atoms with Crippen LogP contribution in [0.25, 0.3) is 0 Å². The molecule has 0 aromatic heterocycles. The fraction of sp³-hybridized carbons (Fsp3) is 0.458. The first-order chi connectivity index (χ1) is 14.1. The average molecular weight is 397 g/mol. The van der Waals surface area contributed by atoms with Crippen molar-refractivity contribution >= 4 is 5.91 Å². The van der Waals surface area contributed by atoms with Gasteiger partial charge in [0.15, 0.2) is 11.5 Å². The zero-order valence-electron chi connectivity index (χ0n) is 17.7. The number of aryl methyl sites for hydroxylation is 1. The molecule has 1 heterocycles. The standard InChI is InChI=1S/C24H32N2O3/c1-18-7-10-20(11-8-18)21(26-13-5-4-6-14-26)17-25-24(27)16-19-9-12-22(28-2)23(15-19)29-3/h7-12,15,21H,4-6,13-14,16-17H2,1-3H3,(H,25,27). The van der Waals surface area contributed by atoms with Crippen molar-refractivity contribution in [1.29, 1.82) is 0 Å². The van der Waals surface area contributed by atoms with Crippen LogP contribution in [0.1, 0.15) is 42.0 Å². The van der Waals surface area contributed by atoms with Crippen molar-refractivity contribution in [2.75, 3.05) is 33.9 Å². The van der Waals surface area contributed by atoms with E-state index in [0.717, 1.165) is 18.7 Å². The second kappa shape index (κ2) is 10.3. The van der Waals surface area contributed by atoms with Gasteiger partial charge in [0, 0.05) is 6.54 Å². The van der Waals surface area contributed by atoms with Crippen molar-refractivity contribution in [3.05, 3.63) is 59.2 Å². The van der Waals surface area contributed by atoms with Crippen molar-refractivity contribution in [3.63, 3.8) is 0 Å². The maximum absolute atomic E-state index is 12.6. The van der Waals surface area contributed by atoms with Crippen molar-refractivity contribution in [2.24, 2.45) is 0 Å². The van der Waals surface area contributed by atoms with E-state index in [-0.39, 0.29) is 11.9 Å². The van der Waals surface area contributed by atoms with E-state index in [1.54, 1.807) is 14.2 Å². The highest BCUT2D eigenvalue weighted by Crippen LogP contribution is 2.28. The molecule has 0 radical (unpaired) electrons. The van der Waals surface area contributed by atoms with Crippen LogP contribution in [0.2, 0.25) is 0 Å². The molecule has 1 amide bonds. The molecular weight excluding hydrogens is 364 g/mol. The number of ether oxygens (including phenoxy) is 2. The third-order valence-electron chi connectivity index (χ3n) is 5.60. The molecule has 0 saturated carbocycles. The van der Waals surface area contributed by atoms with Crippen molar-refractivity contribution in [1.82, 2.24) is 10.2 Å². The van der Waals surface area contributed by atoms with Crippen LogP contribution in [0.4, 0.5) is 0 Å². The summed E-state index contributed by atoms with van der Waals surface area (Å²) in [5.41, 5.74) is 3.43. The lowest BCUT2D eigenvalue weighted by Gasteiger charge is -2.35. The van der Waals surface area contributed by atoms with E-state index >= 15 is 0 Å². The van der Waals surface area contributed by atoms with Gasteiger partial charge in [0.05, 0.1) is 26.7 Å². The highest BCUT2D eigenvalue weighted by atomic mass is 16.5. The van der Waals surface area contributed by atoms with Gasteiger partial charge in [-0.15, -0.1) is 0 Å². The maximum atomic E-state index is 12.6. The lowest BCUT2D eigenvalue weighted by Crippen LogP contribution is -2.41. The topological polar surface area (TPSA) is 50.8 Å². The zero-order chi connectivity index (χ0) is 20.6. The summed E-state index contributed by atoms with van der Waals surface area (Å²) < 4.78 is 10.6. The van der Waals surface area contributed by atoms with E-state index in [1.165, 1.54) is 30.4 Å². The number of nitrogens with one attached hydrogen (secondary N) is 1. The van der Waals surface area contributed by atoms with E-state index in [9.17, 15) is 4.79 Å². The molecule has 0 bridgehead atoms. The minimum atomic E-state index is 0.0198. The Morgan fingerprint density at radius 1 is 1.00 bits per heavy atom. The summed E-state index contributed by atoms with van der Waals surface area (Å²) in [7, 11) is 3.21. The molecule has 5 nitrogen and oxygen atoms in total. The molecule has 2 aromatic carbocycles. The summed E-state index contributed by atoms with van der Waals surface area (Å²) >= 11 is 0. The Kier molecular flexibility index (Phi) is 7.53. The molecule has 1 aliphatic heterocycles. The first-order valence-corrected chi connectivity index (χ1v) is 10.4. The minimum absolute atomic E-state index is 0.0198. The number of amides is 1. The minimum Gasteiger partial charge on any atom is -0.493 e. The lowest BCUT2D eigenvalue weighted by atomic mass is 10.0. The van der Waals surface area contributed by atoms with Gasteiger partial charge in [-0.25, -0.2) is 0 Å². The molecule has 1 N–H and O–H groups in total. The summed E-state index contributed by atoms with van der Waals surface area (Å²) in [4.78, 5) is 15.1. The lowest BCUT2D eigenvalue weighted by molar-refractivity contribution is -0.120. The monoisotopic (exact) mass is 396 g/mol. The van der Waals surface area contributed by atoms with Crippen LogP contribution < -0.4 is 14.8 Å². The van der Waals surface area contributed by atoms with Crippen molar-refractivity contribution in [2.45, 2.75) is 38.6 Å². The van der Waals surface area contributed by atoms with E-state index in [0.29, 0.717) is 24.5 Å². The molecule has 5 heteroatoms. The van der Waals surface area contributed by atoms with Crippen molar-refractivity contribution in [3.8, 4) is 11.5 Å². The quantitative estimate of drug-likeness (QED) is 0.735. The second-order valence-electron chi connectivity index (χ2n) is 7.69. The first-order valence-electron chi connectivity index (χ1n) is 10.4. The van der Waals surface area contributed by atoms with Gasteiger partial charge >= 0.3 is 0 Å². The second-order valence-corrected chi connectivity index (χ2v) is 7.69. The Labute approximate surface area is 174 Å². The number of methoxy groups -OCH3 is 2. The van der Waals surface area contributed by atoms with Crippen LogP contribution in [0.3, 0.4) is 0 Å². The van der Waals surface area contributed by atoms with Gasteiger partial charge in [0.2, 0.25) is 5.91 Å². The molecule has 0 aliphatic carbocycles. The van der Waals surface area contributed by atoms with Gasteiger partial charge in [0.25, 0.3) is 0 Å². The number of benzene rings is 2. The SMILES string of the molecule is COc1ccc(CC(=O)NCC(c2ccc(C)cc2)N2CCCCC2)cc1OC. The molecule has 1 fully saturated rings. The molecule has 29 heavy (non-hydrogen) atoms. The summed E-state index contributed by atoms with van der Waals surface area (Å²) in [6.07, 6.45) is 4.06. The van der Waals surface area contributed by atoms with E-state index in [1.807, 2.05) is 18.2 Å². The van der Waals surface area contributed by atoms with Crippen LogP contribution >= 0.6 is 0 Å². The average Bonchev–Trinajstić information content (AvgIpc) is 2.75. The summed E-state index contributed by atoms with van der Waals surface area (Å²) in [5, 5.41) is 3.16. The molecule has 1 saturated heterocycles. The number of nitrogens with zero attached hydrogens (tertiary/aromatic N) is 1. The summed E-state index contributed by atoms with van der Waals surface area (Å²) in [6.45, 7) is 4.90. The fourth-order valence-corrected chi connectivity index (χ4v) is 3.93. The number of likely N-dealkylation sites (tertiary alicyclic amines) is 1. The summed E-state index contributed by atoms with van der Waals surface area (Å²) in [5.74, 6) is 1.33. The van der Waals surface area contributed by atoms with E-state index < -0.39 is 0 Å². The number of hydrogen-bond acceptors (Lipinski definition) is 4. The summed E-state index contributed by atoms with van der Waals surface area (Å²) in [6, 6.07) is 14.5. The largest absolute Gasteiger partial charge is 0.493 e. The molecule has 156 valence electrons. The van der Waals surface area contributed by atoms with Gasteiger partial charge in [-0.2, -0.15) is 0 Å². The van der Waals surface area contributed by atoms with Crippen LogP contribution in [-0.4, -0.2) is 44.7 Å². The molecule has 0 spiro atoms. The predicted molar refractivity (Wildman–Crippen MR) is 116 cm³/mol. The molecule has 1 unspecified atom stereocenters. The molecule has 2 aromatic rings. The zero-order valence-corrected chi connectivity index (χ0v) is 17.7. The van der Waals surface area contributed by atoms with Gasteiger partial charge < -0.3 is 14.8 Å². The Hall–Kier alpha value is -2.53. The smallest absolute Gasteiger partial charge is 0.224 e. The highest BCUT2D eigenvalue weighted by molar-refractivity contribution is 5.78. The molecule has 1 atom stereocenters. The number of carbonyl (C=O) groups is 1. The predicted octanol–water partition coefficient (Wildman–Crippen LogP) is 3.90. The number of hydrogen-bond donors (Lipinski definition) is 1. The van der Waals surface area contributed by atoms with Gasteiger partial charge in [0.1, 0.15) is 0 Å². The van der Waals surface area contributed by atoms with Gasteiger partial charge in [-0.1, -0.05) is 42.3 Å². The van der Waals surface area contributed by atoms with E-state index in [4.69, 9.17) is 9.47 Å². The first kappa shape index (κ1) is 21.2.